The Labute approximate surface area is 158 Å². The van der Waals surface area contributed by atoms with Gasteiger partial charge in [-0.3, -0.25) is 19.1 Å². The Bertz CT molecular complexity index is 745. The number of aromatic nitrogens is 2. The van der Waals surface area contributed by atoms with Gasteiger partial charge in [-0.25, -0.2) is 0 Å². The molecule has 2 saturated heterocycles. The third-order valence-corrected chi connectivity index (χ3v) is 4.55. The summed E-state index contributed by atoms with van der Waals surface area (Å²) in [5.41, 5.74) is 0.203. The first-order valence-electron chi connectivity index (χ1n) is 8.76. The molecule has 1 aromatic rings. The summed E-state index contributed by atoms with van der Waals surface area (Å²) in [4.78, 5) is 39.3. The van der Waals surface area contributed by atoms with Crippen LogP contribution in [0.3, 0.4) is 0 Å². The molecule has 2 aliphatic rings. The van der Waals surface area contributed by atoms with Gasteiger partial charge in [0.25, 0.3) is 0 Å². The lowest BCUT2D eigenvalue weighted by Gasteiger charge is -2.27. The molecule has 12 heteroatoms. The molecule has 3 heterocycles. The van der Waals surface area contributed by atoms with E-state index in [0.717, 1.165) is 12.4 Å². The van der Waals surface area contributed by atoms with Crippen molar-refractivity contribution in [2.75, 3.05) is 44.3 Å². The van der Waals surface area contributed by atoms with Gasteiger partial charge in [0.15, 0.2) is 0 Å². The maximum absolute atomic E-state index is 12.4. The number of hydrogen-bond acceptors (Lipinski definition) is 5. The van der Waals surface area contributed by atoms with Gasteiger partial charge in [-0.05, 0) is 0 Å². The summed E-state index contributed by atoms with van der Waals surface area (Å²) in [5.74, 6) is -1.74. The zero-order valence-electron chi connectivity index (χ0n) is 14.9. The molecule has 0 aliphatic carbocycles. The summed E-state index contributed by atoms with van der Waals surface area (Å²) in [7, 11) is 0. The second kappa shape index (κ2) is 8.17. The predicted molar refractivity (Wildman–Crippen MR) is 89.2 cm³/mol. The van der Waals surface area contributed by atoms with E-state index in [-0.39, 0.29) is 37.0 Å². The van der Waals surface area contributed by atoms with Gasteiger partial charge in [-0.1, -0.05) is 0 Å². The number of halogens is 3. The zero-order chi connectivity index (χ0) is 20.3. The first-order chi connectivity index (χ1) is 13.2. The lowest BCUT2D eigenvalue weighted by molar-refractivity contribution is -0.142. The highest BCUT2D eigenvalue weighted by molar-refractivity contribution is 6.00. The first kappa shape index (κ1) is 20.1. The lowest BCUT2D eigenvalue weighted by atomic mass is 10.1. The maximum atomic E-state index is 12.4. The van der Waals surface area contributed by atoms with E-state index in [1.165, 1.54) is 4.90 Å². The van der Waals surface area contributed by atoms with Gasteiger partial charge in [0.05, 0.1) is 37.6 Å². The minimum atomic E-state index is -4.42. The number of carbonyl (C=O) groups excluding carboxylic acids is 3. The molecule has 2 fully saturated rings. The van der Waals surface area contributed by atoms with Crippen molar-refractivity contribution in [1.29, 1.82) is 0 Å². The zero-order valence-corrected chi connectivity index (χ0v) is 14.9. The minimum absolute atomic E-state index is 0.0219. The standard InChI is InChI=1S/C16H20F3N5O4/c17-16(18,19)10-23-9-12(6-21-23)24-8-11(5-13(24)25)15(27)20-7-14(26)22-1-3-28-4-2-22/h6,9,11H,1-5,7-8,10H2,(H,20,27)/t11-/m0/s1. The van der Waals surface area contributed by atoms with Crippen molar-refractivity contribution < 1.29 is 32.3 Å². The molecule has 0 unspecified atom stereocenters. The Hall–Kier alpha value is -2.63. The van der Waals surface area contributed by atoms with Gasteiger partial charge < -0.3 is 19.9 Å². The topological polar surface area (TPSA) is 96.8 Å². The van der Waals surface area contributed by atoms with E-state index in [9.17, 15) is 27.6 Å². The van der Waals surface area contributed by atoms with Gasteiger partial charge in [-0.15, -0.1) is 0 Å². The number of nitrogens with zero attached hydrogens (tertiary/aromatic N) is 4. The molecule has 154 valence electrons. The molecule has 1 aromatic heterocycles. The number of ether oxygens (including phenoxy) is 1. The number of alkyl halides is 3. The first-order valence-corrected chi connectivity index (χ1v) is 8.76. The summed E-state index contributed by atoms with van der Waals surface area (Å²) in [5, 5.41) is 6.13. The molecule has 0 bridgehead atoms. The highest BCUT2D eigenvalue weighted by atomic mass is 19.4. The molecule has 3 rings (SSSR count). The Balaban J connectivity index is 1.52. The highest BCUT2D eigenvalue weighted by Gasteiger charge is 2.36. The van der Waals surface area contributed by atoms with Crippen molar-refractivity contribution in [3.8, 4) is 0 Å². The number of morpholine rings is 1. The largest absolute Gasteiger partial charge is 0.408 e. The van der Waals surface area contributed by atoms with Crippen LogP contribution in [0.2, 0.25) is 0 Å². The molecule has 9 nitrogen and oxygen atoms in total. The predicted octanol–water partition coefficient (Wildman–Crippen LogP) is -0.227. The second-order valence-electron chi connectivity index (χ2n) is 6.63. The highest BCUT2D eigenvalue weighted by Crippen LogP contribution is 2.26. The van der Waals surface area contributed by atoms with Crippen LogP contribution >= 0.6 is 0 Å². The summed E-state index contributed by atoms with van der Waals surface area (Å²) >= 11 is 0. The van der Waals surface area contributed by atoms with E-state index >= 15 is 0 Å². The van der Waals surface area contributed by atoms with E-state index in [2.05, 4.69) is 10.4 Å². The third kappa shape index (κ3) is 5.00. The van der Waals surface area contributed by atoms with Crippen molar-refractivity contribution in [3.05, 3.63) is 12.4 Å². The van der Waals surface area contributed by atoms with Crippen LogP contribution in [0.5, 0.6) is 0 Å². The van der Waals surface area contributed by atoms with Crippen LogP contribution in [0.1, 0.15) is 6.42 Å². The monoisotopic (exact) mass is 403 g/mol. The normalized spacial score (nSPS) is 20.5. The van der Waals surface area contributed by atoms with Gasteiger partial charge in [0.2, 0.25) is 17.7 Å². The number of rotatable bonds is 5. The third-order valence-electron chi connectivity index (χ3n) is 4.55. The number of anilines is 1. The molecule has 0 saturated carbocycles. The maximum Gasteiger partial charge on any atom is 0.408 e. The Kier molecular flexibility index (Phi) is 5.87. The van der Waals surface area contributed by atoms with Crippen LogP contribution in [0.15, 0.2) is 12.4 Å². The molecule has 28 heavy (non-hydrogen) atoms. The number of hydrogen-bond donors (Lipinski definition) is 1. The average molecular weight is 403 g/mol. The molecular weight excluding hydrogens is 383 g/mol. The number of carbonyl (C=O) groups is 3. The molecule has 0 aromatic carbocycles. The van der Waals surface area contributed by atoms with Crippen molar-refractivity contribution >= 4 is 23.4 Å². The fourth-order valence-electron chi connectivity index (χ4n) is 3.13. The number of nitrogens with one attached hydrogen (secondary N) is 1. The Morgan fingerprint density at radius 1 is 1.29 bits per heavy atom. The van der Waals surface area contributed by atoms with E-state index in [1.54, 1.807) is 4.90 Å². The second-order valence-corrected chi connectivity index (χ2v) is 6.63. The SMILES string of the molecule is O=C(NCC(=O)N1CCOCC1)[C@H]1CC(=O)N(c2cnn(CC(F)(F)F)c2)C1. The fraction of sp³-hybridized carbons (Fsp3) is 0.625. The van der Waals surface area contributed by atoms with Crippen LogP contribution in [-0.2, 0) is 25.7 Å². The van der Waals surface area contributed by atoms with Crippen molar-refractivity contribution in [1.82, 2.24) is 20.0 Å². The smallest absolute Gasteiger partial charge is 0.378 e. The van der Waals surface area contributed by atoms with Crippen LogP contribution < -0.4 is 10.2 Å². The average Bonchev–Trinajstić information content (AvgIpc) is 3.25. The molecule has 0 spiro atoms. The Morgan fingerprint density at radius 3 is 2.68 bits per heavy atom. The van der Waals surface area contributed by atoms with Crippen LogP contribution in [0.4, 0.5) is 18.9 Å². The van der Waals surface area contributed by atoms with Gasteiger partial charge in [0.1, 0.15) is 6.54 Å². The molecule has 1 atom stereocenters. The van der Waals surface area contributed by atoms with Crippen LogP contribution in [0.25, 0.3) is 0 Å². The molecule has 2 aliphatic heterocycles. The van der Waals surface area contributed by atoms with E-state index in [4.69, 9.17) is 4.74 Å². The van der Waals surface area contributed by atoms with Crippen molar-refractivity contribution in [2.24, 2.45) is 5.92 Å². The van der Waals surface area contributed by atoms with Gasteiger partial charge >= 0.3 is 6.18 Å². The van der Waals surface area contributed by atoms with Crippen molar-refractivity contribution in [3.63, 3.8) is 0 Å². The summed E-state index contributed by atoms with van der Waals surface area (Å²) in [6.45, 7) is 0.421. The lowest BCUT2D eigenvalue weighted by Crippen LogP contribution is -2.46. The summed E-state index contributed by atoms with van der Waals surface area (Å²) in [6, 6.07) is 0. The quantitative estimate of drug-likeness (QED) is 0.733. The van der Waals surface area contributed by atoms with Gasteiger partial charge in [-0.2, -0.15) is 18.3 Å². The summed E-state index contributed by atoms with van der Waals surface area (Å²) in [6.07, 6.45) is -2.23. The number of amides is 3. The van der Waals surface area contributed by atoms with E-state index < -0.39 is 24.5 Å². The summed E-state index contributed by atoms with van der Waals surface area (Å²) < 4.78 is 43.1. The molecule has 0 radical (unpaired) electrons. The van der Waals surface area contributed by atoms with Gasteiger partial charge in [0, 0.05) is 32.3 Å². The van der Waals surface area contributed by atoms with Crippen LogP contribution in [-0.4, -0.2) is 78.0 Å². The molecule has 1 N–H and O–H groups in total. The molecular formula is C16H20F3N5O4. The molecule has 3 amide bonds. The van der Waals surface area contributed by atoms with Crippen molar-refractivity contribution in [2.45, 2.75) is 19.1 Å². The minimum Gasteiger partial charge on any atom is -0.378 e. The van der Waals surface area contributed by atoms with Crippen LogP contribution in [0, 0.1) is 5.92 Å². The van der Waals surface area contributed by atoms with E-state index in [1.807, 2.05) is 0 Å². The Morgan fingerprint density at radius 2 is 2.00 bits per heavy atom. The fourth-order valence-corrected chi connectivity index (χ4v) is 3.13. The van der Waals surface area contributed by atoms with E-state index in [0.29, 0.717) is 31.0 Å².